The summed E-state index contributed by atoms with van der Waals surface area (Å²) in [5, 5.41) is 4.81. The van der Waals surface area contributed by atoms with Crippen LogP contribution in [0.15, 0.2) is 283 Å². The Morgan fingerprint density at radius 2 is 0.818 bits per heavy atom. The van der Waals surface area contributed by atoms with Crippen molar-refractivity contribution in [3.63, 3.8) is 0 Å². The van der Waals surface area contributed by atoms with Gasteiger partial charge in [0.2, 0.25) is 0 Å². The number of nitrogens with zero attached hydrogens (tertiary/aromatic N) is 2. The first-order valence-electron chi connectivity index (χ1n) is 26.7. The lowest BCUT2D eigenvalue weighted by Crippen LogP contribution is -2.33. The second-order valence-electron chi connectivity index (χ2n) is 21.0. The SMILES string of the molecule is c1ccc(C2(c3ccc(N(c4ccc(-c5ccc6c(c5)oc5ccccc56)cc4)c4ccc5c(c4)C4(c6ccccc6-5)c5ccccc5-n5c6ccccc6c6cccc4c65)cc3)c3ccccc3-c3ccccc32)cc1. The van der Waals surface area contributed by atoms with Crippen LogP contribution in [0.3, 0.4) is 0 Å². The molecule has 0 fully saturated rings. The molecule has 0 N–H and O–H groups in total. The molecule has 1 spiro atoms. The third-order valence-electron chi connectivity index (χ3n) is 17.5. The highest BCUT2D eigenvalue weighted by atomic mass is 16.3. The topological polar surface area (TPSA) is 21.3 Å². The van der Waals surface area contributed by atoms with Crippen LogP contribution < -0.4 is 4.90 Å². The number of fused-ring (bicyclic) bond motifs is 18. The normalized spacial score (nSPS) is 15.2. The van der Waals surface area contributed by atoms with Crippen LogP contribution in [-0.2, 0) is 10.8 Å². The van der Waals surface area contributed by atoms with E-state index in [1.807, 2.05) is 12.1 Å². The summed E-state index contributed by atoms with van der Waals surface area (Å²) in [7, 11) is 0. The van der Waals surface area contributed by atoms with Crippen LogP contribution in [-0.4, -0.2) is 4.57 Å². The zero-order valence-electron chi connectivity index (χ0n) is 41.9. The molecule has 2 aliphatic carbocycles. The van der Waals surface area contributed by atoms with E-state index in [2.05, 4.69) is 276 Å². The minimum atomic E-state index is -0.595. The Kier molecular flexibility index (Phi) is 8.69. The molecule has 358 valence electrons. The van der Waals surface area contributed by atoms with Gasteiger partial charge in [0.1, 0.15) is 11.2 Å². The molecule has 2 aromatic heterocycles. The predicted octanol–water partition coefficient (Wildman–Crippen LogP) is 18.9. The molecule has 3 nitrogen and oxygen atoms in total. The summed E-state index contributed by atoms with van der Waals surface area (Å²) in [6.07, 6.45) is 0. The minimum absolute atomic E-state index is 0.510. The average molecular weight is 979 g/mol. The maximum atomic E-state index is 6.39. The maximum absolute atomic E-state index is 6.39. The van der Waals surface area contributed by atoms with Crippen molar-refractivity contribution in [2.45, 2.75) is 10.8 Å². The number of aromatic nitrogens is 1. The fourth-order valence-corrected chi connectivity index (χ4v) is 14.4. The van der Waals surface area contributed by atoms with E-state index in [1.165, 1.54) is 94.3 Å². The van der Waals surface area contributed by atoms with Crippen molar-refractivity contribution < 1.29 is 4.42 Å². The fourth-order valence-electron chi connectivity index (χ4n) is 14.4. The minimum Gasteiger partial charge on any atom is -0.456 e. The van der Waals surface area contributed by atoms with E-state index < -0.39 is 10.8 Å². The van der Waals surface area contributed by atoms with E-state index >= 15 is 0 Å². The lowest BCUT2D eigenvalue weighted by atomic mass is 9.65. The molecule has 0 saturated carbocycles. The number of hydrogen-bond donors (Lipinski definition) is 0. The number of furan rings is 1. The summed E-state index contributed by atoms with van der Waals surface area (Å²) in [5.41, 5.74) is 25.3. The molecule has 3 heteroatoms. The van der Waals surface area contributed by atoms with Crippen LogP contribution in [0.2, 0.25) is 0 Å². The first-order chi connectivity index (χ1) is 38.2. The second kappa shape index (κ2) is 15.8. The standard InChI is InChI=1S/C74H46N2O/c1-2-17-49(18-3-1)73(62-25-9-4-19-54(62)55-20-5-10-26-63(55)73)50-36-40-52(41-37-50)75(51-38-33-47(34-39-51)48-35-43-60-59-23-8-15-32-70(59)77-71(60)45-48)53-42-44-57-56-21-6-11-27-64(56)74(67(57)46-53)65-28-12-14-31-69(65)76-68-30-13-7-22-58(68)61-24-16-29-66(74)72(61)76/h1-46H. The molecule has 77 heavy (non-hydrogen) atoms. The van der Waals surface area contributed by atoms with E-state index in [1.54, 1.807) is 0 Å². The number of rotatable bonds is 6. The van der Waals surface area contributed by atoms with Crippen molar-refractivity contribution in [1.29, 1.82) is 0 Å². The summed E-state index contributed by atoms with van der Waals surface area (Å²) >= 11 is 0. The number of hydrogen-bond acceptors (Lipinski definition) is 2. The summed E-state index contributed by atoms with van der Waals surface area (Å²) in [5.74, 6) is 0. The molecule has 3 aliphatic rings. The van der Waals surface area contributed by atoms with Crippen molar-refractivity contribution in [3.05, 3.63) is 324 Å². The summed E-state index contributed by atoms with van der Waals surface area (Å²) in [6, 6.07) is 104. The van der Waals surface area contributed by atoms with Gasteiger partial charge in [0, 0.05) is 38.6 Å². The van der Waals surface area contributed by atoms with Crippen molar-refractivity contribution in [2.24, 2.45) is 0 Å². The summed E-state index contributed by atoms with van der Waals surface area (Å²) in [6.45, 7) is 0. The Hall–Kier alpha value is -9.96. The Bertz CT molecular complexity index is 4710. The van der Waals surface area contributed by atoms with Crippen molar-refractivity contribution in [2.75, 3.05) is 4.90 Å². The first-order valence-corrected chi connectivity index (χ1v) is 26.7. The molecule has 12 aromatic carbocycles. The highest BCUT2D eigenvalue weighted by Crippen LogP contribution is 2.62. The van der Waals surface area contributed by atoms with Gasteiger partial charge in [-0.1, -0.05) is 212 Å². The van der Waals surface area contributed by atoms with E-state index in [4.69, 9.17) is 4.42 Å². The third kappa shape index (κ3) is 5.59. The lowest BCUT2D eigenvalue weighted by Gasteiger charge is -2.40. The summed E-state index contributed by atoms with van der Waals surface area (Å²) < 4.78 is 8.91. The van der Waals surface area contributed by atoms with Gasteiger partial charge in [-0.25, -0.2) is 0 Å². The lowest BCUT2D eigenvalue weighted by molar-refractivity contribution is 0.669. The molecule has 0 amide bonds. The van der Waals surface area contributed by atoms with Gasteiger partial charge in [0.05, 0.1) is 27.6 Å². The molecule has 1 atom stereocenters. The maximum Gasteiger partial charge on any atom is 0.136 e. The molecule has 1 aliphatic heterocycles. The van der Waals surface area contributed by atoms with E-state index in [0.717, 1.165) is 50.1 Å². The molecular weight excluding hydrogens is 933 g/mol. The Morgan fingerprint density at radius 3 is 1.56 bits per heavy atom. The van der Waals surface area contributed by atoms with Crippen molar-refractivity contribution in [3.8, 4) is 39.1 Å². The smallest absolute Gasteiger partial charge is 0.136 e. The van der Waals surface area contributed by atoms with Gasteiger partial charge in [0.25, 0.3) is 0 Å². The molecule has 3 heterocycles. The highest BCUT2D eigenvalue weighted by molar-refractivity contribution is 6.13. The van der Waals surface area contributed by atoms with E-state index in [-0.39, 0.29) is 0 Å². The van der Waals surface area contributed by atoms with Gasteiger partial charge in [-0.2, -0.15) is 0 Å². The van der Waals surface area contributed by atoms with Crippen LogP contribution in [0.4, 0.5) is 17.1 Å². The molecular formula is C74H46N2O. The van der Waals surface area contributed by atoms with Gasteiger partial charge in [-0.3, -0.25) is 0 Å². The van der Waals surface area contributed by atoms with Crippen LogP contribution >= 0.6 is 0 Å². The van der Waals surface area contributed by atoms with Crippen LogP contribution in [0.1, 0.15) is 44.5 Å². The molecule has 0 saturated heterocycles. The molecule has 0 bridgehead atoms. The van der Waals surface area contributed by atoms with Crippen LogP contribution in [0.25, 0.3) is 82.8 Å². The molecule has 0 radical (unpaired) electrons. The largest absolute Gasteiger partial charge is 0.456 e. The Labute approximate surface area is 445 Å². The van der Waals surface area contributed by atoms with Gasteiger partial charge in [0.15, 0.2) is 0 Å². The molecule has 14 aromatic rings. The van der Waals surface area contributed by atoms with Crippen LogP contribution in [0, 0.1) is 0 Å². The monoisotopic (exact) mass is 978 g/mol. The van der Waals surface area contributed by atoms with Gasteiger partial charge < -0.3 is 13.9 Å². The van der Waals surface area contributed by atoms with E-state index in [0.29, 0.717) is 0 Å². The Morgan fingerprint density at radius 1 is 0.299 bits per heavy atom. The van der Waals surface area contributed by atoms with Crippen LogP contribution in [0.5, 0.6) is 0 Å². The molecule has 17 rings (SSSR count). The second-order valence-corrected chi connectivity index (χ2v) is 21.0. The fraction of sp³-hybridized carbons (Fsp3) is 0.0270. The number of anilines is 3. The number of benzene rings is 12. The first kappa shape index (κ1) is 42.4. The van der Waals surface area contributed by atoms with Gasteiger partial charge >= 0.3 is 0 Å². The zero-order valence-corrected chi connectivity index (χ0v) is 41.9. The van der Waals surface area contributed by atoms with Gasteiger partial charge in [-0.15, -0.1) is 0 Å². The third-order valence-corrected chi connectivity index (χ3v) is 17.5. The molecule has 1 unspecified atom stereocenters. The highest BCUT2D eigenvalue weighted by Gasteiger charge is 2.51. The predicted molar refractivity (Wildman–Crippen MR) is 316 cm³/mol. The van der Waals surface area contributed by atoms with Crippen molar-refractivity contribution >= 4 is 60.8 Å². The van der Waals surface area contributed by atoms with Crippen molar-refractivity contribution in [1.82, 2.24) is 4.57 Å². The Balaban J connectivity index is 0.886. The van der Waals surface area contributed by atoms with Gasteiger partial charge in [-0.05, 0) is 145 Å². The quantitative estimate of drug-likeness (QED) is 0.166. The summed E-state index contributed by atoms with van der Waals surface area (Å²) in [4.78, 5) is 2.46. The average Bonchev–Trinajstić information content (AvgIpc) is 4.41. The number of para-hydroxylation sites is 4. The van der Waals surface area contributed by atoms with E-state index in [9.17, 15) is 0 Å². The zero-order chi connectivity index (χ0) is 50.4.